The van der Waals surface area contributed by atoms with Gasteiger partial charge in [0.1, 0.15) is 0 Å². The summed E-state index contributed by atoms with van der Waals surface area (Å²) in [5, 5.41) is 0. The summed E-state index contributed by atoms with van der Waals surface area (Å²) in [5.41, 5.74) is 0.993. The van der Waals surface area contributed by atoms with E-state index >= 15 is 0 Å². The van der Waals surface area contributed by atoms with Gasteiger partial charge in [0.2, 0.25) is 0 Å². The lowest BCUT2D eigenvalue weighted by atomic mass is 9.95. The number of hydrogen-bond acceptors (Lipinski definition) is 3. The third-order valence-electron chi connectivity index (χ3n) is 2.97. The van der Waals surface area contributed by atoms with Gasteiger partial charge in [-0.05, 0) is 42.5 Å². The van der Waals surface area contributed by atoms with Gasteiger partial charge < -0.3 is 0 Å². The van der Waals surface area contributed by atoms with Crippen LogP contribution < -0.4 is 0 Å². The summed E-state index contributed by atoms with van der Waals surface area (Å²) in [6.07, 6.45) is 2.68. The molecule has 0 bridgehead atoms. The lowest BCUT2D eigenvalue weighted by Crippen LogP contribution is -2.12. The fraction of sp³-hybridized carbons (Fsp3) is 0. The van der Waals surface area contributed by atoms with Gasteiger partial charge in [0, 0.05) is 25.4 Å². The molecule has 0 heterocycles. The molecule has 0 saturated heterocycles. The van der Waals surface area contributed by atoms with E-state index in [1.165, 1.54) is 23.9 Å². The zero-order chi connectivity index (χ0) is 14.1. The molecule has 98 valence electrons. The van der Waals surface area contributed by atoms with Gasteiger partial charge in [0.25, 0.3) is 0 Å². The van der Waals surface area contributed by atoms with Crippen molar-refractivity contribution in [2.75, 3.05) is 0 Å². The van der Waals surface area contributed by atoms with Gasteiger partial charge in [-0.2, -0.15) is 0 Å². The Morgan fingerprint density at radius 2 is 1.55 bits per heavy atom. The highest BCUT2D eigenvalue weighted by Gasteiger charge is 2.22. The molecule has 1 aliphatic carbocycles. The Balaban J connectivity index is 2.04. The molecule has 0 radical (unpaired) electrons. The van der Waals surface area contributed by atoms with Gasteiger partial charge >= 0.3 is 0 Å². The maximum Gasteiger partial charge on any atom is 0.187 e. The number of halogens is 1. The standard InChI is InChI=1S/C16H9BrO2S/c17-10-4-6-11(7-5-10)20-15-3-1-2-12-13(18)8-9-14(19)16(12)15/h1-9H. The van der Waals surface area contributed by atoms with Crippen molar-refractivity contribution in [3.8, 4) is 0 Å². The van der Waals surface area contributed by atoms with Crippen LogP contribution in [0.5, 0.6) is 0 Å². The number of fused-ring (bicyclic) bond motifs is 1. The first-order chi connectivity index (χ1) is 9.65. The van der Waals surface area contributed by atoms with Gasteiger partial charge in [0.05, 0.1) is 0 Å². The van der Waals surface area contributed by atoms with Crippen LogP contribution in [0, 0.1) is 0 Å². The normalized spacial score (nSPS) is 13.4. The van der Waals surface area contributed by atoms with Crippen molar-refractivity contribution in [2.24, 2.45) is 0 Å². The SMILES string of the molecule is O=C1C=CC(=O)c2c(Sc3ccc(Br)cc3)cccc21. The minimum Gasteiger partial charge on any atom is -0.289 e. The number of ketones is 2. The monoisotopic (exact) mass is 344 g/mol. The van der Waals surface area contributed by atoms with E-state index in [0.29, 0.717) is 11.1 Å². The van der Waals surface area contributed by atoms with Crippen molar-refractivity contribution in [3.05, 3.63) is 70.2 Å². The number of carbonyl (C=O) groups is 2. The molecule has 4 heteroatoms. The van der Waals surface area contributed by atoms with Gasteiger partial charge in [-0.1, -0.05) is 39.8 Å². The number of benzene rings is 2. The van der Waals surface area contributed by atoms with Crippen LogP contribution >= 0.6 is 27.7 Å². The number of allylic oxidation sites excluding steroid dienone is 2. The first-order valence-corrected chi connectivity index (χ1v) is 7.59. The predicted molar refractivity (Wildman–Crippen MR) is 82.5 cm³/mol. The lowest BCUT2D eigenvalue weighted by molar-refractivity contribution is 0.0992. The average Bonchev–Trinajstić information content (AvgIpc) is 2.46. The van der Waals surface area contributed by atoms with Gasteiger partial charge in [0.15, 0.2) is 11.6 Å². The van der Waals surface area contributed by atoms with Gasteiger partial charge in [-0.25, -0.2) is 0 Å². The molecule has 1 aliphatic rings. The predicted octanol–water partition coefficient (Wildman–Crippen LogP) is 4.54. The molecule has 20 heavy (non-hydrogen) atoms. The molecule has 0 amide bonds. The summed E-state index contributed by atoms with van der Waals surface area (Å²) in [7, 11) is 0. The molecule has 0 aliphatic heterocycles. The second-order valence-corrected chi connectivity index (χ2v) is 6.33. The smallest absolute Gasteiger partial charge is 0.187 e. The van der Waals surface area contributed by atoms with Gasteiger partial charge in [-0.3, -0.25) is 9.59 Å². The zero-order valence-electron chi connectivity index (χ0n) is 10.3. The fourth-order valence-electron chi connectivity index (χ4n) is 2.03. The number of carbonyl (C=O) groups excluding carboxylic acids is 2. The molecule has 0 spiro atoms. The van der Waals surface area contributed by atoms with E-state index in [1.807, 2.05) is 36.4 Å². The highest BCUT2D eigenvalue weighted by atomic mass is 79.9. The quantitative estimate of drug-likeness (QED) is 0.802. The Bertz CT molecular complexity index is 733. The molecule has 0 atom stereocenters. The maximum absolute atomic E-state index is 12.0. The van der Waals surface area contributed by atoms with Crippen LogP contribution in [-0.4, -0.2) is 11.6 Å². The van der Waals surface area contributed by atoms with Crippen molar-refractivity contribution in [3.63, 3.8) is 0 Å². The van der Waals surface area contributed by atoms with Crippen LogP contribution in [0.3, 0.4) is 0 Å². The Morgan fingerprint density at radius 3 is 2.30 bits per heavy atom. The minimum absolute atomic E-state index is 0.111. The molecule has 2 aromatic carbocycles. The molecule has 0 aromatic heterocycles. The first-order valence-electron chi connectivity index (χ1n) is 5.98. The lowest BCUT2D eigenvalue weighted by Gasteiger charge is -2.13. The van der Waals surface area contributed by atoms with Crippen molar-refractivity contribution in [2.45, 2.75) is 9.79 Å². The van der Waals surface area contributed by atoms with Crippen LogP contribution in [-0.2, 0) is 0 Å². The highest BCUT2D eigenvalue weighted by molar-refractivity contribution is 9.10. The van der Waals surface area contributed by atoms with E-state index in [0.717, 1.165) is 14.3 Å². The van der Waals surface area contributed by atoms with E-state index in [9.17, 15) is 9.59 Å². The third kappa shape index (κ3) is 2.49. The van der Waals surface area contributed by atoms with Crippen molar-refractivity contribution >= 4 is 39.3 Å². The van der Waals surface area contributed by atoms with E-state index < -0.39 is 0 Å². The van der Waals surface area contributed by atoms with Crippen LogP contribution in [0.4, 0.5) is 0 Å². The topological polar surface area (TPSA) is 34.1 Å². The van der Waals surface area contributed by atoms with Crippen LogP contribution in [0.25, 0.3) is 0 Å². The first kappa shape index (κ1) is 13.3. The highest BCUT2D eigenvalue weighted by Crippen LogP contribution is 2.34. The largest absolute Gasteiger partial charge is 0.289 e. The van der Waals surface area contributed by atoms with Crippen molar-refractivity contribution in [1.29, 1.82) is 0 Å². The van der Waals surface area contributed by atoms with E-state index in [4.69, 9.17) is 0 Å². The average molecular weight is 345 g/mol. The zero-order valence-corrected chi connectivity index (χ0v) is 12.7. The van der Waals surface area contributed by atoms with Crippen LogP contribution in [0.2, 0.25) is 0 Å². The maximum atomic E-state index is 12.0. The summed E-state index contributed by atoms with van der Waals surface area (Å²) in [4.78, 5) is 25.7. The Hall–Kier alpha value is -1.65. The Morgan fingerprint density at radius 1 is 0.850 bits per heavy atom. The molecular formula is C16H9BrO2S. The summed E-state index contributed by atoms with van der Waals surface area (Å²) in [5.74, 6) is -0.224. The molecule has 0 fully saturated rings. The van der Waals surface area contributed by atoms with Gasteiger partial charge in [-0.15, -0.1) is 0 Å². The minimum atomic E-state index is -0.113. The van der Waals surface area contributed by atoms with E-state index in [2.05, 4.69) is 15.9 Å². The summed E-state index contributed by atoms with van der Waals surface area (Å²) >= 11 is 4.88. The molecule has 2 aromatic rings. The number of rotatable bonds is 2. The molecule has 0 N–H and O–H groups in total. The Labute approximate surface area is 129 Å². The molecular weight excluding hydrogens is 336 g/mol. The summed E-state index contributed by atoms with van der Waals surface area (Å²) in [6.45, 7) is 0. The molecule has 0 unspecified atom stereocenters. The van der Waals surface area contributed by atoms with Crippen molar-refractivity contribution in [1.82, 2.24) is 0 Å². The van der Waals surface area contributed by atoms with Crippen LogP contribution in [0.1, 0.15) is 20.7 Å². The summed E-state index contributed by atoms with van der Waals surface area (Å²) in [6, 6.07) is 13.2. The summed E-state index contributed by atoms with van der Waals surface area (Å²) < 4.78 is 1.01. The molecule has 3 rings (SSSR count). The van der Waals surface area contributed by atoms with Crippen LogP contribution in [0.15, 0.2) is 68.9 Å². The second kappa shape index (κ2) is 5.38. The fourth-order valence-corrected chi connectivity index (χ4v) is 3.28. The Kier molecular flexibility index (Phi) is 3.59. The third-order valence-corrected chi connectivity index (χ3v) is 4.56. The molecule has 2 nitrogen and oxygen atoms in total. The van der Waals surface area contributed by atoms with E-state index in [1.54, 1.807) is 6.07 Å². The van der Waals surface area contributed by atoms with Crippen molar-refractivity contribution < 1.29 is 9.59 Å². The van der Waals surface area contributed by atoms with E-state index in [-0.39, 0.29) is 11.6 Å². The second-order valence-electron chi connectivity index (χ2n) is 4.30. The number of hydrogen-bond donors (Lipinski definition) is 0. The molecule has 0 saturated carbocycles.